The molecule has 2 aromatic rings. The van der Waals surface area contributed by atoms with Gasteiger partial charge in [0.05, 0.1) is 0 Å². The van der Waals surface area contributed by atoms with Crippen LogP contribution in [0, 0.1) is 11.6 Å². The van der Waals surface area contributed by atoms with Gasteiger partial charge in [-0.2, -0.15) is 0 Å². The fourth-order valence-corrected chi connectivity index (χ4v) is 2.55. The molecule has 0 saturated heterocycles. The van der Waals surface area contributed by atoms with Gasteiger partial charge in [0.1, 0.15) is 11.6 Å². The maximum absolute atomic E-state index is 13.3. The van der Waals surface area contributed by atoms with Crippen LogP contribution < -0.4 is 0 Å². The second kappa shape index (κ2) is 5.96. The van der Waals surface area contributed by atoms with E-state index in [1.54, 1.807) is 6.07 Å². The van der Waals surface area contributed by atoms with E-state index < -0.39 is 0 Å². The fraction of sp³-hybridized carbons (Fsp3) is 0.294. The maximum Gasteiger partial charge on any atom is 0.123 e. The average Bonchev–Trinajstić information content (AvgIpc) is 2.43. The summed E-state index contributed by atoms with van der Waals surface area (Å²) >= 11 is 0. The molecule has 100 valence electrons. The zero-order valence-corrected chi connectivity index (χ0v) is 11.3. The Hall–Kier alpha value is -1.70. The van der Waals surface area contributed by atoms with Crippen LogP contribution in [0.15, 0.2) is 42.5 Å². The molecule has 1 atom stereocenters. The van der Waals surface area contributed by atoms with Crippen LogP contribution in [0.25, 0.3) is 0 Å². The SMILES string of the molecule is CCc1cc(F)ccc1C(CC)c1ccc(F)cc1. The highest BCUT2D eigenvalue weighted by atomic mass is 19.1. The van der Waals surface area contributed by atoms with Gasteiger partial charge in [0.15, 0.2) is 0 Å². The minimum absolute atomic E-state index is 0.191. The summed E-state index contributed by atoms with van der Waals surface area (Å²) in [6, 6.07) is 11.5. The summed E-state index contributed by atoms with van der Waals surface area (Å²) < 4.78 is 26.3. The van der Waals surface area contributed by atoms with Crippen LogP contribution in [0.5, 0.6) is 0 Å². The van der Waals surface area contributed by atoms with Gasteiger partial charge in [-0.3, -0.25) is 0 Å². The summed E-state index contributed by atoms with van der Waals surface area (Å²) in [6.45, 7) is 4.12. The zero-order chi connectivity index (χ0) is 13.8. The van der Waals surface area contributed by atoms with E-state index in [9.17, 15) is 8.78 Å². The highest BCUT2D eigenvalue weighted by Crippen LogP contribution is 2.31. The van der Waals surface area contributed by atoms with Gasteiger partial charge in [-0.1, -0.05) is 32.0 Å². The van der Waals surface area contributed by atoms with Gasteiger partial charge >= 0.3 is 0 Å². The van der Waals surface area contributed by atoms with Crippen molar-refractivity contribution < 1.29 is 8.78 Å². The number of aryl methyl sites for hydroxylation is 1. The van der Waals surface area contributed by atoms with E-state index in [4.69, 9.17) is 0 Å². The van der Waals surface area contributed by atoms with E-state index in [0.717, 1.165) is 29.5 Å². The van der Waals surface area contributed by atoms with Crippen molar-refractivity contribution in [1.82, 2.24) is 0 Å². The molecule has 0 bridgehead atoms. The van der Waals surface area contributed by atoms with Gasteiger partial charge < -0.3 is 0 Å². The van der Waals surface area contributed by atoms with Crippen molar-refractivity contribution >= 4 is 0 Å². The van der Waals surface area contributed by atoms with Crippen molar-refractivity contribution in [2.75, 3.05) is 0 Å². The molecule has 0 fully saturated rings. The summed E-state index contributed by atoms with van der Waals surface area (Å²) in [4.78, 5) is 0. The Labute approximate surface area is 113 Å². The van der Waals surface area contributed by atoms with Gasteiger partial charge in [0.25, 0.3) is 0 Å². The minimum Gasteiger partial charge on any atom is -0.207 e. The molecule has 0 spiro atoms. The van der Waals surface area contributed by atoms with Gasteiger partial charge in [0, 0.05) is 5.92 Å². The molecule has 0 nitrogen and oxygen atoms in total. The zero-order valence-electron chi connectivity index (χ0n) is 11.3. The van der Waals surface area contributed by atoms with Crippen LogP contribution in [0.1, 0.15) is 42.9 Å². The summed E-state index contributed by atoms with van der Waals surface area (Å²) in [7, 11) is 0. The normalized spacial score (nSPS) is 12.4. The highest BCUT2D eigenvalue weighted by Gasteiger charge is 2.15. The topological polar surface area (TPSA) is 0 Å². The minimum atomic E-state index is -0.228. The lowest BCUT2D eigenvalue weighted by atomic mass is 9.85. The number of benzene rings is 2. The highest BCUT2D eigenvalue weighted by molar-refractivity contribution is 5.38. The van der Waals surface area contributed by atoms with E-state index in [1.165, 1.54) is 18.2 Å². The Morgan fingerprint density at radius 2 is 1.53 bits per heavy atom. The Morgan fingerprint density at radius 1 is 0.895 bits per heavy atom. The van der Waals surface area contributed by atoms with Crippen molar-refractivity contribution in [3.8, 4) is 0 Å². The first-order valence-electron chi connectivity index (χ1n) is 6.69. The molecular formula is C17H18F2. The van der Waals surface area contributed by atoms with Crippen LogP contribution in [-0.4, -0.2) is 0 Å². The number of rotatable bonds is 4. The molecule has 1 unspecified atom stereocenters. The third-order valence-electron chi connectivity index (χ3n) is 3.54. The molecule has 0 radical (unpaired) electrons. The number of hydrogen-bond donors (Lipinski definition) is 0. The largest absolute Gasteiger partial charge is 0.207 e. The van der Waals surface area contributed by atoms with Crippen LogP contribution in [0.4, 0.5) is 8.78 Å². The Morgan fingerprint density at radius 3 is 2.11 bits per heavy atom. The molecule has 0 aromatic heterocycles. The molecule has 0 aliphatic carbocycles. The molecule has 0 amide bonds. The molecular weight excluding hydrogens is 242 g/mol. The first-order valence-corrected chi connectivity index (χ1v) is 6.69. The first kappa shape index (κ1) is 13.7. The molecule has 0 aliphatic heterocycles. The van der Waals surface area contributed by atoms with E-state index in [2.05, 4.69) is 6.92 Å². The Bertz CT molecular complexity index is 544. The van der Waals surface area contributed by atoms with E-state index >= 15 is 0 Å². The molecule has 0 saturated carbocycles. The Balaban J connectivity index is 2.44. The van der Waals surface area contributed by atoms with Gasteiger partial charge in [0.2, 0.25) is 0 Å². The van der Waals surface area contributed by atoms with Crippen molar-refractivity contribution in [2.45, 2.75) is 32.6 Å². The van der Waals surface area contributed by atoms with E-state index in [0.29, 0.717) is 0 Å². The van der Waals surface area contributed by atoms with E-state index in [1.807, 2.05) is 25.1 Å². The number of hydrogen-bond acceptors (Lipinski definition) is 0. The standard InChI is InChI=1S/C17H18F2/c1-3-12-11-15(19)9-10-17(12)16(4-2)13-5-7-14(18)8-6-13/h5-11,16H,3-4H2,1-2H3. The lowest BCUT2D eigenvalue weighted by Gasteiger charge is -2.19. The monoisotopic (exact) mass is 260 g/mol. The van der Waals surface area contributed by atoms with Crippen LogP contribution >= 0.6 is 0 Å². The van der Waals surface area contributed by atoms with Crippen LogP contribution in [-0.2, 0) is 6.42 Å². The average molecular weight is 260 g/mol. The number of halogens is 2. The van der Waals surface area contributed by atoms with Crippen LogP contribution in [0.3, 0.4) is 0 Å². The second-order valence-electron chi connectivity index (χ2n) is 4.71. The first-order chi connectivity index (χ1) is 9.15. The third-order valence-corrected chi connectivity index (χ3v) is 3.54. The van der Waals surface area contributed by atoms with Gasteiger partial charge in [-0.05, 0) is 53.8 Å². The van der Waals surface area contributed by atoms with Crippen molar-refractivity contribution in [1.29, 1.82) is 0 Å². The summed E-state index contributed by atoms with van der Waals surface area (Å²) in [5, 5.41) is 0. The molecule has 0 aliphatic rings. The van der Waals surface area contributed by atoms with Crippen molar-refractivity contribution in [3.63, 3.8) is 0 Å². The summed E-state index contributed by atoms with van der Waals surface area (Å²) in [5.74, 6) is -0.237. The molecule has 0 N–H and O–H groups in total. The molecule has 19 heavy (non-hydrogen) atoms. The quantitative estimate of drug-likeness (QED) is 0.720. The molecule has 2 aromatic carbocycles. The maximum atomic E-state index is 13.3. The Kier molecular flexibility index (Phi) is 4.31. The van der Waals surface area contributed by atoms with Crippen molar-refractivity contribution in [2.24, 2.45) is 0 Å². The summed E-state index contributed by atoms with van der Waals surface area (Å²) in [5.41, 5.74) is 3.24. The molecule has 2 heteroatoms. The van der Waals surface area contributed by atoms with Gasteiger partial charge in [-0.25, -0.2) is 8.78 Å². The predicted octanol–water partition coefficient (Wildman–Crippen LogP) is 5.07. The molecule has 0 heterocycles. The lowest BCUT2D eigenvalue weighted by Crippen LogP contribution is -2.04. The van der Waals surface area contributed by atoms with Crippen LogP contribution in [0.2, 0.25) is 0 Å². The third kappa shape index (κ3) is 3.01. The smallest absolute Gasteiger partial charge is 0.123 e. The van der Waals surface area contributed by atoms with E-state index in [-0.39, 0.29) is 17.6 Å². The predicted molar refractivity (Wildman–Crippen MR) is 74.3 cm³/mol. The van der Waals surface area contributed by atoms with Gasteiger partial charge in [-0.15, -0.1) is 0 Å². The van der Waals surface area contributed by atoms with Crippen molar-refractivity contribution in [3.05, 3.63) is 70.8 Å². The lowest BCUT2D eigenvalue weighted by molar-refractivity contribution is 0.621. The fourth-order valence-electron chi connectivity index (χ4n) is 2.55. The summed E-state index contributed by atoms with van der Waals surface area (Å²) in [6.07, 6.45) is 1.70. The molecule has 2 rings (SSSR count). The second-order valence-corrected chi connectivity index (χ2v) is 4.71.